The van der Waals surface area contributed by atoms with Crippen molar-refractivity contribution in [2.45, 2.75) is 39.5 Å². The minimum atomic E-state index is -3.63. The Balaban J connectivity index is 1.43. The van der Waals surface area contributed by atoms with Gasteiger partial charge in [0.1, 0.15) is 11.3 Å². The quantitative estimate of drug-likeness (QED) is 0.372. The van der Waals surface area contributed by atoms with Crippen molar-refractivity contribution in [2.24, 2.45) is 11.8 Å². The summed E-state index contributed by atoms with van der Waals surface area (Å²) in [5.41, 5.74) is 2.54. The first-order chi connectivity index (χ1) is 18.0. The molecule has 1 amide bonds. The summed E-state index contributed by atoms with van der Waals surface area (Å²) in [7, 11) is -1.97. The highest BCUT2D eigenvalue weighted by atomic mass is 32.2. The van der Waals surface area contributed by atoms with Gasteiger partial charge in [-0.25, -0.2) is 13.4 Å². The fourth-order valence-corrected chi connectivity index (χ4v) is 7.56. The molecule has 38 heavy (non-hydrogen) atoms. The third-order valence-corrected chi connectivity index (χ3v) is 9.72. The van der Waals surface area contributed by atoms with Crippen LogP contribution < -0.4 is 9.64 Å². The predicted molar refractivity (Wildman–Crippen MR) is 154 cm³/mol. The Morgan fingerprint density at radius 2 is 1.61 bits per heavy atom. The van der Waals surface area contributed by atoms with Gasteiger partial charge in [-0.3, -0.25) is 4.79 Å². The van der Waals surface area contributed by atoms with Gasteiger partial charge in [0, 0.05) is 44.8 Å². The Morgan fingerprint density at radius 3 is 2.16 bits per heavy atom. The van der Waals surface area contributed by atoms with Gasteiger partial charge >= 0.3 is 0 Å². The van der Waals surface area contributed by atoms with Gasteiger partial charge in [0.2, 0.25) is 10.0 Å². The van der Waals surface area contributed by atoms with Crippen molar-refractivity contribution in [3.05, 3.63) is 47.5 Å². The van der Waals surface area contributed by atoms with Crippen LogP contribution in [0.25, 0.3) is 10.2 Å². The van der Waals surface area contributed by atoms with E-state index in [1.54, 1.807) is 47.0 Å². The zero-order valence-corrected chi connectivity index (χ0v) is 24.7. The number of aromatic nitrogens is 1. The van der Waals surface area contributed by atoms with Crippen molar-refractivity contribution in [1.29, 1.82) is 0 Å². The molecule has 8 nitrogen and oxygen atoms in total. The molecule has 2 heterocycles. The molecule has 1 aliphatic heterocycles. The third-order valence-electron chi connectivity index (χ3n) is 6.63. The summed E-state index contributed by atoms with van der Waals surface area (Å²) >= 11 is 1.65. The van der Waals surface area contributed by atoms with E-state index in [1.807, 2.05) is 44.7 Å². The summed E-state index contributed by atoms with van der Waals surface area (Å²) in [5.74, 6) is 1.12. The molecule has 0 N–H and O–H groups in total. The molecule has 0 saturated carbocycles. The largest absolute Gasteiger partial charge is 0.494 e. The van der Waals surface area contributed by atoms with E-state index in [4.69, 9.17) is 9.72 Å². The molecule has 0 radical (unpaired) electrons. The topological polar surface area (TPSA) is 83.0 Å². The van der Waals surface area contributed by atoms with E-state index in [0.29, 0.717) is 44.8 Å². The summed E-state index contributed by atoms with van der Waals surface area (Å²) < 4.78 is 34.8. The van der Waals surface area contributed by atoms with Crippen LogP contribution in [0.1, 0.15) is 43.6 Å². The van der Waals surface area contributed by atoms with E-state index in [-0.39, 0.29) is 22.6 Å². The summed E-state index contributed by atoms with van der Waals surface area (Å²) in [4.78, 5) is 22.3. The maximum Gasteiger partial charge on any atom is 0.253 e. The van der Waals surface area contributed by atoms with Crippen molar-refractivity contribution in [1.82, 2.24) is 14.2 Å². The number of nitrogens with zero attached hydrogens (tertiary/aromatic N) is 4. The molecule has 1 aromatic heterocycles. The van der Waals surface area contributed by atoms with Gasteiger partial charge in [-0.05, 0) is 54.7 Å². The van der Waals surface area contributed by atoms with Crippen molar-refractivity contribution < 1.29 is 17.9 Å². The Morgan fingerprint density at radius 1 is 1.00 bits per heavy atom. The van der Waals surface area contributed by atoms with E-state index in [2.05, 4.69) is 11.8 Å². The van der Waals surface area contributed by atoms with Crippen LogP contribution in [0, 0.1) is 18.8 Å². The number of carbonyl (C=O) groups excluding carboxylic acids is 1. The molecule has 1 fully saturated rings. The van der Waals surface area contributed by atoms with Crippen molar-refractivity contribution >= 4 is 42.6 Å². The molecule has 0 spiro atoms. The fourth-order valence-electron chi connectivity index (χ4n) is 4.69. The summed E-state index contributed by atoms with van der Waals surface area (Å²) in [6.45, 7) is 13.6. The van der Waals surface area contributed by atoms with Crippen LogP contribution in [0.2, 0.25) is 0 Å². The number of ether oxygens (including phenoxy) is 1. The molecule has 1 saturated heterocycles. The first-order valence-corrected chi connectivity index (χ1v) is 15.4. The van der Waals surface area contributed by atoms with E-state index in [0.717, 1.165) is 21.1 Å². The molecule has 0 aliphatic carbocycles. The molecule has 0 bridgehead atoms. The highest BCUT2D eigenvalue weighted by Gasteiger charge is 2.28. The average Bonchev–Trinajstić information content (AvgIpc) is 3.34. The number of thiazole rings is 1. The lowest BCUT2D eigenvalue weighted by molar-refractivity contribution is 0.0746. The van der Waals surface area contributed by atoms with Crippen LogP contribution in [0.5, 0.6) is 5.75 Å². The Labute approximate surface area is 230 Å². The summed E-state index contributed by atoms with van der Waals surface area (Å²) in [6.07, 6.45) is 0. The van der Waals surface area contributed by atoms with Gasteiger partial charge in [0.25, 0.3) is 5.91 Å². The second kappa shape index (κ2) is 11.6. The van der Waals surface area contributed by atoms with Gasteiger partial charge in [-0.2, -0.15) is 4.31 Å². The third kappa shape index (κ3) is 5.97. The van der Waals surface area contributed by atoms with Gasteiger partial charge in [-0.15, -0.1) is 0 Å². The van der Waals surface area contributed by atoms with Gasteiger partial charge < -0.3 is 14.5 Å². The standard InChI is InChI=1S/C28H38N4O4S2/c1-19(2)17-32(18-20(3)4)38(34,35)23-10-8-22(9-11-23)27(33)30-13-15-31(16-14-30)28-29-25-24(36-6)12-7-21(5)26(25)37-28/h7-12,19-20H,13-18H2,1-6H3. The summed E-state index contributed by atoms with van der Waals surface area (Å²) in [5, 5.41) is 0.932. The highest BCUT2D eigenvalue weighted by Crippen LogP contribution is 2.36. The molecule has 2 aromatic carbocycles. The number of rotatable bonds is 9. The molecular formula is C28H38N4O4S2. The first kappa shape index (κ1) is 28.3. The normalized spacial score (nSPS) is 14.8. The van der Waals surface area contributed by atoms with Crippen molar-refractivity contribution in [3.8, 4) is 5.75 Å². The number of piperazine rings is 1. The molecule has 10 heteroatoms. The molecule has 1 aliphatic rings. The van der Waals surface area contributed by atoms with Crippen LogP contribution in [0.15, 0.2) is 41.3 Å². The second-order valence-electron chi connectivity index (χ2n) is 10.7. The second-order valence-corrected chi connectivity index (χ2v) is 13.6. The minimum Gasteiger partial charge on any atom is -0.494 e. The van der Waals surface area contributed by atoms with E-state index in [9.17, 15) is 13.2 Å². The molecule has 0 unspecified atom stereocenters. The molecular weight excluding hydrogens is 520 g/mol. The van der Waals surface area contributed by atoms with E-state index >= 15 is 0 Å². The number of anilines is 1. The molecule has 0 atom stereocenters. The molecule has 206 valence electrons. The molecule has 3 aromatic rings. The summed E-state index contributed by atoms with van der Waals surface area (Å²) in [6, 6.07) is 10.4. The number of hydrogen-bond acceptors (Lipinski definition) is 7. The molecule has 4 rings (SSSR count). The number of carbonyl (C=O) groups is 1. The number of sulfonamides is 1. The average molecular weight is 559 g/mol. The monoisotopic (exact) mass is 558 g/mol. The zero-order valence-electron chi connectivity index (χ0n) is 23.1. The number of hydrogen-bond donors (Lipinski definition) is 0. The van der Waals surface area contributed by atoms with E-state index in [1.165, 1.54) is 5.56 Å². The fraction of sp³-hybridized carbons (Fsp3) is 0.500. The van der Waals surface area contributed by atoms with Crippen LogP contribution in [-0.2, 0) is 10.0 Å². The predicted octanol–water partition coefficient (Wildman–Crippen LogP) is 4.88. The Hall–Kier alpha value is -2.69. The highest BCUT2D eigenvalue weighted by molar-refractivity contribution is 7.89. The van der Waals surface area contributed by atoms with Gasteiger partial charge in [0.05, 0.1) is 16.7 Å². The number of fused-ring (bicyclic) bond motifs is 1. The van der Waals surface area contributed by atoms with Crippen molar-refractivity contribution in [2.75, 3.05) is 51.3 Å². The maximum atomic E-state index is 13.3. The van der Waals surface area contributed by atoms with Crippen molar-refractivity contribution in [3.63, 3.8) is 0 Å². The Bertz CT molecular complexity index is 1370. The van der Waals surface area contributed by atoms with E-state index < -0.39 is 10.0 Å². The van der Waals surface area contributed by atoms with Gasteiger partial charge in [-0.1, -0.05) is 45.1 Å². The smallest absolute Gasteiger partial charge is 0.253 e. The number of benzene rings is 2. The van der Waals surface area contributed by atoms with Crippen LogP contribution >= 0.6 is 11.3 Å². The lowest BCUT2D eigenvalue weighted by Gasteiger charge is -2.34. The first-order valence-electron chi connectivity index (χ1n) is 13.1. The minimum absolute atomic E-state index is 0.0865. The maximum absolute atomic E-state index is 13.3. The number of amides is 1. The lowest BCUT2D eigenvalue weighted by atomic mass is 10.2. The lowest BCUT2D eigenvalue weighted by Crippen LogP contribution is -2.48. The number of methoxy groups -OCH3 is 1. The van der Waals surface area contributed by atoms with Crippen LogP contribution in [-0.4, -0.2) is 74.9 Å². The van der Waals surface area contributed by atoms with Gasteiger partial charge in [0.15, 0.2) is 5.13 Å². The Kier molecular flexibility index (Phi) is 8.64. The number of aryl methyl sites for hydroxylation is 1. The zero-order chi connectivity index (χ0) is 27.6. The van der Waals surface area contributed by atoms with Crippen LogP contribution in [0.3, 0.4) is 0 Å². The van der Waals surface area contributed by atoms with Crippen LogP contribution in [0.4, 0.5) is 5.13 Å². The SMILES string of the molecule is COc1ccc(C)c2sc(N3CCN(C(=O)c4ccc(S(=O)(=O)N(CC(C)C)CC(C)C)cc4)CC3)nc12.